The van der Waals surface area contributed by atoms with Gasteiger partial charge >= 0.3 is 5.69 Å². The molecule has 21 heavy (non-hydrogen) atoms. The van der Waals surface area contributed by atoms with E-state index in [0.717, 1.165) is 12.1 Å². The second kappa shape index (κ2) is 6.49. The van der Waals surface area contributed by atoms with Gasteiger partial charge in [-0.3, -0.25) is 10.1 Å². The third-order valence-electron chi connectivity index (χ3n) is 2.52. The van der Waals surface area contributed by atoms with Crippen LogP contribution in [-0.2, 0) is 0 Å². The van der Waals surface area contributed by atoms with Crippen LogP contribution < -0.4 is 10.1 Å². The summed E-state index contributed by atoms with van der Waals surface area (Å²) in [5.74, 6) is 0.0759. The molecular weight excluding hydrogens is 345 g/mol. The van der Waals surface area contributed by atoms with E-state index in [9.17, 15) is 14.5 Å². The molecule has 1 aromatic heterocycles. The summed E-state index contributed by atoms with van der Waals surface area (Å²) in [4.78, 5) is 14.4. The van der Waals surface area contributed by atoms with Gasteiger partial charge in [0.1, 0.15) is 17.4 Å². The number of nitrogens with zero attached hydrogens (tertiary/aromatic N) is 2. The first-order valence-electron chi connectivity index (χ1n) is 6.02. The zero-order valence-electron chi connectivity index (χ0n) is 11.0. The molecule has 1 aromatic carbocycles. The van der Waals surface area contributed by atoms with E-state index < -0.39 is 10.7 Å². The minimum absolute atomic E-state index is 0.00428. The van der Waals surface area contributed by atoms with Crippen molar-refractivity contribution >= 4 is 27.4 Å². The number of pyridine rings is 1. The molecule has 0 amide bonds. The molecule has 1 N–H and O–H groups in total. The second-order valence-corrected chi connectivity index (χ2v) is 4.85. The summed E-state index contributed by atoms with van der Waals surface area (Å²) in [5.41, 5.74) is -0.329. The summed E-state index contributed by atoms with van der Waals surface area (Å²) >= 11 is 2.91. The summed E-state index contributed by atoms with van der Waals surface area (Å²) in [5, 5.41) is 14.0. The molecule has 0 aliphatic rings. The zero-order chi connectivity index (χ0) is 15.4. The molecule has 0 atom stereocenters. The SMILES string of the molecule is CCNc1cc(Oc2cc(F)c(Br)cc2[N+](=O)[O-])ccn1. The van der Waals surface area contributed by atoms with E-state index in [2.05, 4.69) is 26.2 Å². The first-order chi connectivity index (χ1) is 10.0. The van der Waals surface area contributed by atoms with Crippen molar-refractivity contribution in [3.63, 3.8) is 0 Å². The third kappa shape index (κ3) is 3.66. The van der Waals surface area contributed by atoms with E-state index in [0.29, 0.717) is 18.1 Å². The number of rotatable bonds is 5. The topological polar surface area (TPSA) is 77.3 Å². The fourth-order valence-electron chi connectivity index (χ4n) is 1.62. The summed E-state index contributed by atoms with van der Waals surface area (Å²) in [6, 6.07) is 5.14. The van der Waals surface area contributed by atoms with E-state index in [-0.39, 0.29) is 15.9 Å². The van der Waals surface area contributed by atoms with Gasteiger partial charge < -0.3 is 10.1 Å². The van der Waals surface area contributed by atoms with Crippen LogP contribution >= 0.6 is 15.9 Å². The van der Waals surface area contributed by atoms with E-state index in [1.165, 1.54) is 12.3 Å². The third-order valence-corrected chi connectivity index (χ3v) is 3.12. The molecule has 0 spiro atoms. The lowest BCUT2D eigenvalue weighted by molar-refractivity contribution is -0.385. The Bertz CT molecular complexity index is 682. The van der Waals surface area contributed by atoms with Crippen molar-refractivity contribution < 1.29 is 14.1 Å². The quantitative estimate of drug-likeness (QED) is 0.644. The molecule has 110 valence electrons. The number of aromatic nitrogens is 1. The molecule has 0 saturated heterocycles. The first-order valence-corrected chi connectivity index (χ1v) is 6.81. The van der Waals surface area contributed by atoms with E-state index in [1.54, 1.807) is 6.07 Å². The van der Waals surface area contributed by atoms with Crippen LogP contribution in [0, 0.1) is 15.9 Å². The Morgan fingerprint density at radius 2 is 2.24 bits per heavy atom. The monoisotopic (exact) mass is 355 g/mol. The standard InChI is InChI=1S/C13H11BrFN3O3/c1-2-16-13-5-8(3-4-17-13)21-12-7-10(15)9(14)6-11(12)18(19)20/h3-7H,2H2,1H3,(H,16,17). The number of anilines is 1. The predicted octanol–water partition coefficient (Wildman–Crippen LogP) is 4.12. The van der Waals surface area contributed by atoms with Gasteiger partial charge in [-0.15, -0.1) is 0 Å². The maximum Gasteiger partial charge on any atom is 0.312 e. The Hall–Kier alpha value is -2.22. The second-order valence-electron chi connectivity index (χ2n) is 4.00. The van der Waals surface area contributed by atoms with Crippen molar-refractivity contribution in [3.05, 3.63) is 50.9 Å². The van der Waals surface area contributed by atoms with Gasteiger partial charge in [0, 0.05) is 30.9 Å². The average Bonchev–Trinajstić information content (AvgIpc) is 2.43. The summed E-state index contributed by atoms with van der Waals surface area (Å²) in [6.07, 6.45) is 1.49. The molecule has 0 aliphatic heterocycles. The number of nitrogens with one attached hydrogen (secondary N) is 1. The molecule has 2 rings (SSSR count). The smallest absolute Gasteiger partial charge is 0.312 e. The number of nitro benzene ring substituents is 1. The molecule has 0 unspecified atom stereocenters. The van der Waals surface area contributed by atoms with Crippen molar-refractivity contribution in [1.82, 2.24) is 4.98 Å². The van der Waals surface area contributed by atoms with E-state index in [4.69, 9.17) is 4.74 Å². The number of hydrogen-bond acceptors (Lipinski definition) is 5. The molecular formula is C13H11BrFN3O3. The van der Waals surface area contributed by atoms with Crippen LogP contribution in [0.3, 0.4) is 0 Å². The van der Waals surface area contributed by atoms with Gasteiger partial charge in [0.2, 0.25) is 5.75 Å². The Morgan fingerprint density at radius 1 is 1.48 bits per heavy atom. The van der Waals surface area contributed by atoms with Crippen molar-refractivity contribution in [1.29, 1.82) is 0 Å². The molecule has 0 radical (unpaired) electrons. The van der Waals surface area contributed by atoms with Crippen molar-refractivity contribution in [2.45, 2.75) is 6.92 Å². The molecule has 2 aromatic rings. The molecule has 0 aliphatic carbocycles. The molecule has 8 heteroatoms. The number of ether oxygens (including phenoxy) is 1. The van der Waals surface area contributed by atoms with Crippen LogP contribution in [0.1, 0.15) is 6.92 Å². The number of nitro groups is 1. The first kappa shape index (κ1) is 15.2. The summed E-state index contributed by atoms with van der Waals surface area (Å²) in [6.45, 7) is 2.58. The molecule has 0 fully saturated rings. The fraction of sp³-hybridized carbons (Fsp3) is 0.154. The number of halogens is 2. The lowest BCUT2D eigenvalue weighted by atomic mass is 10.3. The molecule has 1 heterocycles. The highest BCUT2D eigenvalue weighted by Gasteiger charge is 2.19. The van der Waals surface area contributed by atoms with Crippen LogP contribution in [0.5, 0.6) is 11.5 Å². The van der Waals surface area contributed by atoms with Crippen molar-refractivity contribution in [3.8, 4) is 11.5 Å². The van der Waals surface area contributed by atoms with Crippen LogP contribution in [0.25, 0.3) is 0 Å². The zero-order valence-corrected chi connectivity index (χ0v) is 12.6. The largest absolute Gasteiger partial charge is 0.450 e. The minimum Gasteiger partial charge on any atom is -0.450 e. The van der Waals surface area contributed by atoms with Gasteiger partial charge in [0.15, 0.2) is 0 Å². The van der Waals surface area contributed by atoms with Crippen LogP contribution in [0.15, 0.2) is 34.9 Å². The molecule has 0 bridgehead atoms. The van der Waals surface area contributed by atoms with E-state index in [1.807, 2.05) is 6.92 Å². The van der Waals surface area contributed by atoms with Gasteiger partial charge in [-0.1, -0.05) is 0 Å². The van der Waals surface area contributed by atoms with Gasteiger partial charge in [0.25, 0.3) is 0 Å². The maximum atomic E-state index is 13.6. The van der Waals surface area contributed by atoms with Gasteiger partial charge in [-0.25, -0.2) is 9.37 Å². The summed E-state index contributed by atoms with van der Waals surface area (Å²) in [7, 11) is 0. The fourth-order valence-corrected chi connectivity index (χ4v) is 1.95. The van der Waals surface area contributed by atoms with Crippen molar-refractivity contribution in [2.24, 2.45) is 0 Å². The van der Waals surface area contributed by atoms with Gasteiger partial charge in [-0.05, 0) is 28.9 Å². The minimum atomic E-state index is -0.642. The molecule has 0 saturated carbocycles. The number of hydrogen-bond donors (Lipinski definition) is 1. The maximum absolute atomic E-state index is 13.6. The highest BCUT2D eigenvalue weighted by molar-refractivity contribution is 9.10. The Morgan fingerprint density at radius 3 is 2.90 bits per heavy atom. The normalized spacial score (nSPS) is 10.2. The van der Waals surface area contributed by atoms with Crippen LogP contribution in [0.2, 0.25) is 0 Å². The molecule has 6 nitrogen and oxygen atoms in total. The van der Waals surface area contributed by atoms with Crippen LogP contribution in [-0.4, -0.2) is 16.5 Å². The average molecular weight is 356 g/mol. The van der Waals surface area contributed by atoms with E-state index >= 15 is 0 Å². The van der Waals surface area contributed by atoms with Crippen LogP contribution in [0.4, 0.5) is 15.9 Å². The van der Waals surface area contributed by atoms with Gasteiger partial charge in [0.05, 0.1) is 9.40 Å². The number of benzene rings is 1. The lowest BCUT2D eigenvalue weighted by Gasteiger charge is -2.09. The Labute approximate surface area is 128 Å². The predicted molar refractivity (Wildman–Crippen MR) is 79.2 cm³/mol. The van der Waals surface area contributed by atoms with Crippen molar-refractivity contribution in [2.75, 3.05) is 11.9 Å². The Kier molecular flexibility index (Phi) is 4.69. The lowest BCUT2D eigenvalue weighted by Crippen LogP contribution is -1.99. The highest BCUT2D eigenvalue weighted by Crippen LogP contribution is 2.35. The highest BCUT2D eigenvalue weighted by atomic mass is 79.9. The Balaban J connectivity index is 2.36. The summed E-state index contributed by atoms with van der Waals surface area (Å²) < 4.78 is 19.0. The van der Waals surface area contributed by atoms with Gasteiger partial charge in [-0.2, -0.15) is 0 Å².